The molecule has 0 bridgehead atoms. The summed E-state index contributed by atoms with van der Waals surface area (Å²) in [7, 11) is -4.55. The van der Waals surface area contributed by atoms with E-state index in [1.165, 1.54) is 24.1 Å². The first kappa shape index (κ1) is 25.2. The van der Waals surface area contributed by atoms with Gasteiger partial charge in [0, 0.05) is 25.7 Å². The Labute approximate surface area is 192 Å². The maximum Gasteiger partial charge on any atom is 0.417 e. The molecule has 180 valence electrons. The van der Waals surface area contributed by atoms with E-state index in [1.807, 2.05) is 19.1 Å². The maximum atomic E-state index is 13.2. The number of amides is 1. The van der Waals surface area contributed by atoms with E-state index in [1.54, 1.807) is 0 Å². The van der Waals surface area contributed by atoms with E-state index in [0.717, 1.165) is 31.8 Å². The minimum atomic E-state index is -4.83. The molecule has 1 heterocycles. The van der Waals surface area contributed by atoms with Crippen molar-refractivity contribution in [1.82, 2.24) is 14.9 Å². The smallest absolute Gasteiger partial charge is 0.352 e. The van der Waals surface area contributed by atoms with Gasteiger partial charge in [0.25, 0.3) is 0 Å². The molecule has 0 radical (unpaired) electrons. The Hall–Kier alpha value is -2.43. The standard InChI is InChI=1S/C23H28F3N3O3S/c1-16-6-5-7-18(14-16)15-29-12-10-19(11-13-29)27-22(30)17(2)28-33(31,32)21-9-4-3-8-20(21)23(24,25)26/h3-9,14,17,19,28H,10-13,15H2,1-2H3,(H,27,30)/t17-/m0/s1. The number of sulfonamides is 1. The van der Waals surface area contributed by atoms with Crippen LogP contribution >= 0.6 is 0 Å². The van der Waals surface area contributed by atoms with Crippen LogP contribution in [0.1, 0.15) is 36.5 Å². The molecule has 6 nitrogen and oxygen atoms in total. The van der Waals surface area contributed by atoms with Gasteiger partial charge in [0.05, 0.1) is 16.5 Å². The number of aryl methyl sites for hydroxylation is 1. The Kier molecular flexibility index (Phi) is 7.81. The molecule has 1 fully saturated rings. The predicted molar refractivity (Wildman–Crippen MR) is 119 cm³/mol. The van der Waals surface area contributed by atoms with Gasteiger partial charge in [-0.2, -0.15) is 17.9 Å². The number of hydrogen-bond acceptors (Lipinski definition) is 4. The lowest BCUT2D eigenvalue weighted by Gasteiger charge is -2.33. The summed E-state index contributed by atoms with van der Waals surface area (Å²) in [6.07, 6.45) is -3.43. The van der Waals surface area contributed by atoms with Crippen LogP contribution in [0.5, 0.6) is 0 Å². The van der Waals surface area contributed by atoms with Gasteiger partial charge in [0.15, 0.2) is 0 Å². The van der Waals surface area contributed by atoms with Crippen molar-refractivity contribution in [2.45, 2.75) is 56.4 Å². The van der Waals surface area contributed by atoms with Crippen molar-refractivity contribution in [2.75, 3.05) is 13.1 Å². The molecule has 0 aliphatic carbocycles. The quantitative estimate of drug-likeness (QED) is 0.632. The first-order valence-corrected chi connectivity index (χ1v) is 12.2. The topological polar surface area (TPSA) is 78.5 Å². The van der Waals surface area contributed by atoms with Crippen molar-refractivity contribution in [2.24, 2.45) is 0 Å². The van der Waals surface area contributed by atoms with E-state index in [2.05, 4.69) is 27.1 Å². The van der Waals surface area contributed by atoms with Gasteiger partial charge in [0.1, 0.15) is 0 Å². The van der Waals surface area contributed by atoms with Crippen LogP contribution in [0.15, 0.2) is 53.4 Å². The second-order valence-electron chi connectivity index (χ2n) is 8.38. The molecule has 0 unspecified atom stereocenters. The minimum absolute atomic E-state index is 0.124. The van der Waals surface area contributed by atoms with Gasteiger partial charge >= 0.3 is 6.18 Å². The maximum absolute atomic E-state index is 13.2. The van der Waals surface area contributed by atoms with Crippen LogP contribution in [0, 0.1) is 6.92 Å². The van der Waals surface area contributed by atoms with Crippen molar-refractivity contribution < 1.29 is 26.4 Å². The number of rotatable bonds is 7. The van der Waals surface area contributed by atoms with Gasteiger partial charge in [-0.25, -0.2) is 8.42 Å². The average Bonchev–Trinajstić information content (AvgIpc) is 2.74. The molecule has 1 aliphatic heterocycles. The van der Waals surface area contributed by atoms with Crippen molar-refractivity contribution in [3.8, 4) is 0 Å². The van der Waals surface area contributed by atoms with Gasteiger partial charge in [-0.3, -0.25) is 9.69 Å². The number of nitrogens with one attached hydrogen (secondary N) is 2. The highest BCUT2D eigenvalue weighted by Gasteiger charge is 2.37. The molecule has 0 aromatic heterocycles. The summed E-state index contributed by atoms with van der Waals surface area (Å²) in [5, 5.41) is 2.82. The number of carbonyl (C=O) groups is 1. The van der Waals surface area contributed by atoms with E-state index >= 15 is 0 Å². The summed E-state index contributed by atoms with van der Waals surface area (Å²) in [6, 6.07) is 10.8. The van der Waals surface area contributed by atoms with Crippen molar-refractivity contribution in [1.29, 1.82) is 0 Å². The summed E-state index contributed by atoms with van der Waals surface area (Å²) in [5.41, 5.74) is 1.15. The van der Waals surface area contributed by atoms with Crippen LogP contribution < -0.4 is 10.0 Å². The third-order valence-electron chi connectivity index (χ3n) is 5.63. The molecule has 3 rings (SSSR count). The van der Waals surface area contributed by atoms with Gasteiger partial charge < -0.3 is 5.32 Å². The van der Waals surface area contributed by atoms with E-state index in [-0.39, 0.29) is 6.04 Å². The molecular weight excluding hydrogens is 455 g/mol. The molecule has 1 amide bonds. The highest BCUT2D eigenvalue weighted by molar-refractivity contribution is 7.89. The largest absolute Gasteiger partial charge is 0.417 e. The molecule has 0 spiro atoms. The Bertz CT molecular complexity index is 1080. The monoisotopic (exact) mass is 483 g/mol. The van der Waals surface area contributed by atoms with E-state index in [0.29, 0.717) is 18.9 Å². The highest BCUT2D eigenvalue weighted by Crippen LogP contribution is 2.33. The first-order chi connectivity index (χ1) is 15.5. The number of likely N-dealkylation sites (tertiary alicyclic amines) is 1. The van der Waals surface area contributed by atoms with E-state index in [9.17, 15) is 26.4 Å². The average molecular weight is 484 g/mol. The van der Waals surface area contributed by atoms with Gasteiger partial charge in [-0.15, -0.1) is 0 Å². The Morgan fingerprint density at radius 1 is 1.12 bits per heavy atom. The minimum Gasteiger partial charge on any atom is -0.352 e. The van der Waals surface area contributed by atoms with Gasteiger partial charge in [0.2, 0.25) is 15.9 Å². The van der Waals surface area contributed by atoms with Crippen LogP contribution in [0.25, 0.3) is 0 Å². The van der Waals surface area contributed by atoms with Crippen molar-refractivity contribution in [3.05, 3.63) is 65.2 Å². The molecule has 2 aromatic rings. The third-order valence-corrected chi connectivity index (χ3v) is 7.23. The molecule has 10 heteroatoms. The first-order valence-electron chi connectivity index (χ1n) is 10.7. The molecule has 2 aromatic carbocycles. The lowest BCUT2D eigenvalue weighted by Crippen LogP contribution is -2.51. The van der Waals surface area contributed by atoms with Crippen molar-refractivity contribution in [3.63, 3.8) is 0 Å². The zero-order valence-corrected chi connectivity index (χ0v) is 19.3. The Morgan fingerprint density at radius 2 is 1.79 bits per heavy atom. The Morgan fingerprint density at radius 3 is 2.42 bits per heavy atom. The molecular formula is C23H28F3N3O3S. The predicted octanol–water partition coefficient (Wildman–Crippen LogP) is 3.46. The van der Waals surface area contributed by atoms with E-state index < -0.39 is 38.6 Å². The lowest BCUT2D eigenvalue weighted by atomic mass is 10.0. The van der Waals surface area contributed by atoms with Crippen molar-refractivity contribution >= 4 is 15.9 Å². The fourth-order valence-electron chi connectivity index (χ4n) is 3.92. The number of piperidine rings is 1. The summed E-state index contributed by atoms with van der Waals surface area (Å²) >= 11 is 0. The summed E-state index contributed by atoms with van der Waals surface area (Å²) < 4.78 is 66.8. The fourth-order valence-corrected chi connectivity index (χ4v) is 5.35. The zero-order chi connectivity index (χ0) is 24.2. The molecule has 0 saturated carbocycles. The van der Waals surface area contributed by atoms with Crippen LogP contribution in [-0.2, 0) is 27.5 Å². The number of nitrogens with zero attached hydrogens (tertiary/aromatic N) is 1. The van der Waals surface area contributed by atoms with Crippen LogP contribution in [0.2, 0.25) is 0 Å². The number of carbonyl (C=O) groups excluding carboxylic acids is 1. The third kappa shape index (κ3) is 6.78. The molecule has 2 N–H and O–H groups in total. The van der Waals surface area contributed by atoms with Gasteiger partial charge in [-0.05, 0) is 44.4 Å². The second kappa shape index (κ2) is 10.2. The van der Waals surface area contributed by atoms with E-state index in [4.69, 9.17) is 0 Å². The van der Waals surface area contributed by atoms with Gasteiger partial charge in [-0.1, -0.05) is 42.0 Å². The molecule has 1 aliphatic rings. The number of benzene rings is 2. The second-order valence-corrected chi connectivity index (χ2v) is 10.1. The lowest BCUT2D eigenvalue weighted by molar-refractivity contribution is -0.139. The Balaban J connectivity index is 1.54. The number of alkyl halides is 3. The van der Waals surface area contributed by atoms with Crippen LogP contribution in [0.3, 0.4) is 0 Å². The fraction of sp³-hybridized carbons (Fsp3) is 0.435. The molecule has 33 heavy (non-hydrogen) atoms. The number of halogens is 3. The zero-order valence-electron chi connectivity index (χ0n) is 18.5. The SMILES string of the molecule is Cc1cccc(CN2CCC(NC(=O)[C@H](C)NS(=O)(=O)c3ccccc3C(F)(F)F)CC2)c1. The summed E-state index contributed by atoms with van der Waals surface area (Å²) in [5.74, 6) is -0.569. The molecule has 1 atom stereocenters. The molecule has 1 saturated heterocycles. The van der Waals surface area contributed by atoms with Crippen LogP contribution in [0.4, 0.5) is 13.2 Å². The normalized spacial score (nSPS) is 17.0. The number of hydrogen-bond donors (Lipinski definition) is 2. The summed E-state index contributed by atoms with van der Waals surface area (Å²) in [6.45, 7) is 5.73. The highest BCUT2D eigenvalue weighted by atomic mass is 32.2. The van der Waals surface area contributed by atoms with Crippen LogP contribution in [-0.4, -0.2) is 44.4 Å². The summed E-state index contributed by atoms with van der Waals surface area (Å²) in [4.78, 5) is 13.9.